The molecule has 1 fully saturated rings. The number of β-amino-alcohol motifs (C(OH)–C–C–N with tert-alkyl or cyclic N) is 1. The van der Waals surface area contributed by atoms with Gasteiger partial charge in [-0.05, 0) is 18.1 Å². The normalized spacial score (nSPS) is 24.4. The van der Waals surface area contributed by atoms with Gasteiger partial charge in [-0.2, -0.15) is 18.4 Å². The molecule has 1 aliphatic rings. The van der Waals surface area contributed by atoms with E-state index in [9.17, 15) is 18.3 Å². The maximum atomic E-state index is 13.0. The molecule has 0 radical (unpaired) electrons. The van der Waals surface area contributed by atoms with Crippen molar-refractivity contribution in [2.75, 3.05) is 13.1 Å². The van der Waals surface area contributed by atoms with Crippen LogP contribution in [0.3, 0.4) is 0 Å². The number of nitrogens with zero attached hydrogens (tertiary/aromatic N) is 2. The lowest BCUT2D eigenvalue weighted by molar-refractivity contribution is -0.138. The minimum atomic E-state index is -4.43. The van der Waals surface area contributed by atoms with Crippen LogP contribution in [0.5, 0.6) is 0 Å². The molecule has 0 saturated carbocycles. The molecular weight excluding hydrogens is 257 g/mol. The molecular formula is C13H13F3N2O. The summed E-state index contributed by atoms with van der Waals surface area (Å²) >= 11 is 0. The first-order valence-electron chi connectivity index (χ1n) is 5.88. The van der Waals surface area contributed by atoms with Gasteiger partial charge in [0, 0.05) is 12.6 Å². The molecule has 0 bridgehead atoms. The lowest BCUT2D eigenvalue weighted by atomic mass is 9.97. The fraction of sp³-hybridized carbons (Fsp3) is 0.462. The second-order valence-electron chi connectivity index (χ2n) is 4.58. The Bertz CT molecular complexity index is 495. The summed E-state index contributed by atoms with van der Waals surface area (Å²) in [6.07, 6.45) is -4.91. The molecule has 0 spiro atoms. The molecule has 1 aromatic rings. The van der Waals surface area contributed by atoms with Crippen LogP contribution in [0.15, 0.2) is 24.3 Å². The van der Waals surface area contributed by atoms with Gasteiger partial charge in [-0.25, -0.2) is 0 Å². The second kappa shape index (κ2) is 5.19. The van der Waals surface area contributed by atoms with E-state index in [0.29, 0.717) is 0 Å². The molecule has 1 N–H and O–H groups in total. The summed E-state index contributed by atoms with van der Waals surface area (Å²) in [6, 6.07) is 6.69. The van der Waals surface area contributed by atoms with E-state index in [-0.39, 0.29) is 25.1 Å². The summed E-state index contributed by atoms with van der Waals surface area (Å²) in [6.45, 7) is 0.234. The number of benzene rings is 1. The summed E-state index contributed by atoms with van der Waals surface area (Å²) in [5, 5.41) is 18.3. The number of halogens is 3. The van der Waals surface area contributed by atoms with Gasteiger partial charge in [0.25, 0.3) is 0 Å². The first-order valence-corrected chi connectivity index (χ1v) is 5.88. The van der Waals surface area contributed by atoms with E-state index in [2.05, 4.69) is 0 Å². The molecule has 1 saturated heterocycles. The standard InChI is InChI=1S/C13H13F3N2O/c14-13(15,16)11-4-2-1-3-10(11)12-7-9(19)8-18(12)6-5-17/h1-4,9,12,19H,6-8H2/t9-,12-/m0/s1. The van der Waals surface area contributed by atoms with Gasteiger partial charge in [0.05, 0.1) is 24.3 Å². The zero-order chi connectivity index (χ0) is 14.0. The average molecular weight is 270 g/mol. The molecule has 0 amide bonds. The van der Waals surface area contributed by atoms with Gasteiger partial charge in [-0.1, -0.05) is 18.2 Å². The highest BCUT2D eigenvalue weighted by molar-refractivity contribution is 5.33. The number of nitriles is 1. The Kier molecular flexibility index (Phi) is 3.78. The summed E-state index contributed by atoms with van der Waals surface area (Å²) in [4.78, 5) is 1.58. The first kappa shape index (κ1) is 13.8. The summed E-state index contributed by atoms with van der Waals surface area (Å²) in [7, 11) is 0. The molecule has 2 rings (SSSR count). The van der Waals surface area contributed by atoms with Crippen molar-refractivity contribution in [2.45, 2.75) is 24.7 Å². The van der Waals surface area contributed by atoms with Crippen molar-refractivity contribution < 1.29 is 18.3 Å². The van der Waals surface area contributed by atoms with Crippen molar-refractivity contribution in [3.8, 4) is 6.07 Å². The molecule has 3 nitrogen and oxygen atoms in total. The van der Waals surface area contributed by atoms with Gasteiger partial charge in [0.1, 0.15) is 0 Å². The van der Waals surface area contributed by atoms with Crippen LogP contribution in [-0.2, 0) is 6.18 Å². The highest BCUT2D eigenvalue weighted by atomic mass is 19.4. The topological polar surface area (TPSA) is 47.3 Å². The Hall–Kier alpha value is -1.58. The van der Waals surface area contributed by atoms with Crippen molar-refractivity contribution in [3.63, 3.8) is 0 Å². The number of likely N-dealkylation sites (tertiary alicyclic amines) is 1. The lowest BCUT2D eigenvalue weighted by Gasteiger charge is -2.24. The number of aliphatic hydroxyl groups is 1. The predicted molar refractivity (Wildman–Crippen MR) is 62.0 cm³/mol. The van der Waals surface area contributed by atoms with Crippen molar-refractivity contribution in [2.24, 2.45) is 0 Å². The van der Waals surface area contributed by atoms with E-state index in [0.717, 1.165) is 6.07 Å². The smallest absolute Gasteiger partial charge is 0.392 e. The molecule has 0 aromatic heterocycles. The molecule has 1 heterocycles. The number of aliphatic hydroxyl groups excluding tert-OH is 1. The highest BCUT2D eigenvalue weighted by Gasteiger charge is 2.39. The Morgan fingerprint density at radius 2 is 2.05 bits per heavy atom. The molecule has 2 atom stereocenters. The number of hydrogen-bond acceptors (Lipinski definition) is 3. The Morgan fingerprint density at radius 1 is 1.37 bits per heavy atom. The average Bonchev–Trinajstić information content (AvgIpc) is 2.70. The zero-order valence-corrected chi connectivity index (χ0v) is 10.1. The summed E-state index contributed by atoms with van der Waals surface area (Å²) in [5.41, 5.74) is -0.571. The van der Waals surface area contributed by atoms with Crippen LogP contribution in [-0.4, -0.2) is 29.2 Å². The molecule has 6 heteroatoms. The van der Waals surface area contributed by atoms with Crippen LogP contribution in [0.1, 0.15) is 23.6 Å². The Balaban J connectivity index is 2.39. The maximum Gasteiger partial charge on any atom is 0.416 e. The van der Waals surface area contributed by atoms with Gasteiger partial charge in [0.15, 0.2) is 0 Å². The maximum absolute atomic E-state index is 13.0. The quantitative estimate of drug-likeness (QED) is 0.839. The Labute approximate surface area is 108 Å². The molecule has 102 valence electrons. The van der Waals surface area contributed by atoms with Crippen LogP contribution in [0.2, 0.25) is 0 Å². The van der Waals surface area contributed by atoms with Gasteiger partial charge in [0.2, 0.25) is 0 Å². The van der Waals surface area contributed by atoms with E-state index >= 15 is 0 Å². The molecule has 0 unspecified atom stereocenters. The third-order valence-electron chi connectivity index (χ3n) is 3.28. The first-order chi connectivity index (χ1) is 8.93. The minimum absolute atomic E-state index is 0.00786. The lowest BCUT2D eigenvalue weighted by Crippen LogP contribution is -2.26. The van der Waals surface area contributed by atoms with Crippen LogP contribution in [0.25, 0.3) is 0 Å². The van der Waals surface area contributed by atoms with Crippen molar-refractivity contribution >= 4 is 0 Å². The van der Waals surface area contributed by atoms with Crippen molar-refractivity contribution in [1.29, 1.82) is 5.26 Å². The van der Waals surface area contributed by atoms with Crippen LogP contribution >= 0.6 is 0 Å². The molecule has 1 aliphatic heterocycles. The number of hydrogen-bond donors (Lipinski definition) is 1. The fourth-order valence-corrected chi connectivity index (χ4v) is 2.51. The molecule has 0 aliphatic carbocycles. The third kappa shape index (κ3) is 2.88. The minimum Gasteiger partial charge on any atom is -0.392 e. The predicted octanol–water partition coefficient (Wildman–Crippen LogP) is 2.34. The largest absolute Gasteiger partial charge is 0.416 e. The summed E-state index contributed by atoms with van der Waals surface area (Å²) in [5.74, 6) is 0. The van der Waals surface area contributed by atoms with E-state index < -0.39 is 23.9 Å². The SMILES string of the molecule is N#CCN1C[C@@H](O)C[C@H]1c1ccccc1C(F)(F)F. The van der Waals surface area contributed by atoms with E-state index in [1.807, 2.05) is 6.07 Å². The van der Waals surface area contributed by atoms with Gasteiger partial charge in [-0.15, -0.1) is 0 Å². The second-order valence-corrected chi connectivity index (χ2v) is 4.58. The Morgan fingerprint density at radius 3 is 2.68 bits per heavy atom. The number of rotatable bonds is 2. The van der Waals surface area contributed by atoms with E-state index in [1.54, 1.807) is 11.0 Å². The van der Waals surface area contributed by atoms with Crippen LogP contribution in [0.4, 0.5) is 13.2 Å². The van der Waals surface area contributed by atoms with Crippen LogP contribution in [0, 0.1) is 11.3 Å². The van der Waals surface area contributed by atoms with Gasteiger partial charge < -0.3 is 5.11 Å². The van der Waals surface area contributed by atoms with Gasteiger partial charge in [-0.3, -0.25) is 4.90 Å². The zero-order valence-electron chi connectivity index (χ0n) is 10.1. The third-order valence-corrected chi connectivity index (χ3v) is 3.28. The van der Waals surface area contributed by atoms with E-state index in [4.69, 9.17) is 5.26 Å². The molecule has 1 aromatic carbocycles. The highest BCUT2D eigenvalue weighted by Crippen LogP contribution is 2.40. The van der Waals surface area contributed by atoms with E-state index in [1.165, 1.54) is 12.1 Å². The summed E-state index contributed by atoms with van der Waals surface area (Å²) < 4.78 is 38.9. The monoisotopic (exact) mass is 270 g/mol. The molecule has 19 heavy (non-hydrogen) atoms. The van der Waals surface area contributed by atoms with Gasteiger partial charge >= 0.3 is 6.18 Å². The number of alkyl halides is 3. The van der Waals surface area contributed by atoms with Crippen LogP contribution < -0.4 is 0 Å². The van der Waals surface area contributed by atoms with Crippen molar-refractivity contribution in [1.82, 2.24) is 4.90 Å². The fourth-order valence-electron chi connectivity index (χ4n) is 2.51. The van der Waals surface area contributed by atoms with Crippen molar-refractivity contribution in [3.05, 3.63) is 35.4 Å².